The van der Waals surface area contributed by atoms with Gasteiger partial charge in [0.15, 0.2) is 0 Å². The molecule has 26 heavy (non-hydrogen) atoms. The molecular formula is C20H28N4O2. The molecule has 1 aromatic heterocycles. The second-order valence-corrected chi connectivity index (χ2v) is 7.17. The van der Waals surface area contributed by atoms with Gasteiger partial charge in [-0.05, 0) is 13.3 Å². The Labute approximate surface area is 155 Å². The Hall–Kier alpha value is -2.21. The van der Waals surface area contributed by atoms with E-state index in [1.165, 1.54) is 5.56 Å². The van der Waals surface area contributed by atoms with Gasteiger partial charge in [-0.2, -0.15) is 4.98 Å². The van der Waals surface area contributed by atoms with Gasteiger partial charge in [0.1, 0.15) is 0 Å². The summed E-state index contributed by atoms with van der Waals surface area (Å²) in [5.74, 6) is 1.66. The number of amides is 1. The van der Waals surface area contributed by atoms with Crippen LogP contribution in [0.5, 0.6) is 0 Å². The summed E-state index contributed by atoms with van der Waals surface area (Å²) in [6.45, 7) is 10.1. The van der Waals surface area contributed by atoms with Gasteiger partial charge in [0.2, 0.25) is 17.6 Å². The fourth-order valence-corrected chi connectivity index (χ4v) is 3.32. The third kappa shape index (κ3) is 4.49. The molecule has 6 heteroatoms. The zero-order chi connectivity index (χ0) is 18.5. The van der Waals surface area contributed by atoms with Gasteiger partial charge in [0, 0.05) is 37.7 Å². The van der Waals surface area contributed by atoms with E-state index in [0.717, 1.165) is 44.6 Å². The number of carbonyl (C=O) groups excluding carboxylic acids is 1. The van der Waals surface area contributed by atoms with Crippen molar-refractivity contribution in [2.75, 3.05) is 26.2 Å². The summed E-state index contributed by atoms with van der Waals surface area (Å²) in [7, 11) is 0. The fraction of sp³-hybridized carbons (Fsp3) is 0.550. The summed E-state index contributed by atoms with van der Waals surface area (Å²) in [5.41, 5.74) is 2.17. The molecule has 1 unspecified atom stereocenters. The van der Waals surface area contributed by atoms with Crippen LogP contribution in [0, 0.1) is 12.8 Å². The number of benzene rings is 1. The number of piperazine rings is 1. The SMILES string of the molecule is CCCC(C)C(=O)N1CCN(Cc2nc(-c3ccc(C)cc3)no2)CC1. The number of aryl methyl sites for hydroxylation is 1. The van der Waals surface area contributed by atoms with Gasteiger partial charge in [0.25, 0.3) is 0 Å². The molecule has 1 atom stereocenters. The molecule has 0 radical (unpaired) electrons. The van der Waals surface area contributed by atoms with Gasteiger partial charge in [-0.1, -0.05) is 55.3 Å². The lowest BCUT2D eigenvalue weighted by molar-refractivity contribution is -0.137. The average molecular weight is 356 g/mol. The summed E-state index contributed by atoms with van der Waals surface area (Å²) in [5, 5.41) is 4.09. The van der Waals surface area contributed by atoms with Crippen molar-refractivity contribution >= 4 is 5.91 Å². The van der Waals surface area contributed by atoms with Crippen molar-refractivity contribution in [1.82, 2.24) is 19.9 Å². The maximum absolute atomic E-state index is 12.4. The Balaban J connectivity index is 1.52. The predicted octanol–water partition coefficient (Wildman–Crippen LogP) is 3.13. The highest BCUT2D eigenvalue weighted by Crippen LogP contribution is 2.18. The molecular weight excluding hydrogens is 328 g/mol. The number of aromatic nitrogens is 2. The van der Waals surface area contributed by atoms with E-state index in [4.69, 9.17) is 4.52 Å². The molecule has 0 aliphatic carbocycles. The summed E-state index contributed by atoms with van der Waals surface area (Å²) < 4.78 is 5.41. The van der Waals surface area contributed by atoms with Crippen LogP contribution in [-0.4, -0.2) is 52.0 Å². The van der Waals surface area contributed by atoms with Crippen LogP contribution in [0.15, 0.2) is 28.8 Å². The molecule has 140 valence electrons. The Bertz CT molecular complexity index is 718. The molecule has 6 nitrogen and oxygen atoms in total. The quantitative estimate of drug-likeness (QED) is 0.796. The average Bonchev–Trinajstić information content (AvgIpc) is 3.11. The first-order valence-electron chi connectivity index (χ1n) is 9.47. The van der Waals surface area contributed by atoms with Gasteiger partial charge in [-0.25, -0.2) is 0 Å². The largest absolute Gasteiger partial charge is 0.340 e. The summed E-state index contributed by atoms with van der Waals surface area (Å²) in [6, 6.07) is 8.10. The molecule has 1 aromatic carbocycles. The maximum Gasteiger partial charge on any atom is 0.241 e. The van der Waals surface area contributed by atoms with E-state index in [9.17, 15) is 4.79 Å². The normalized spacial score (nSPS) is 16.7. The molecule has 2 aromatic rings. The van der Waals surface area contributed by atoms with Crippen LogP contribution in [0.25, 0.3) is 11.4 Å². The first-order chi connectivity index (χ1) is 12.6. The molecule has 0 spiro atoms. The van der Waals surface area contributed by atoms with Crippen LogP contribution < -0.4 is 0 Å². The third-order valence-electron chi connectivity index (χ3n) is 4.96. The Morgan fingerprint density at radius 3 is 2.54 bits per heavy atom. The number of hydrogen-bond donors (Lipinski definition) is 0. The number of hydrogen-bond acceptors (Lipinski definition) is 5. The van der Waals surface area contributed by atoms with Crippen molar-refractivity contribution < 1.29 is 9.32 Å². The summed E-state index contributed by atoms with van der Waals surface area (Å²) in [4.78, 5) is 21.2. The van der Waals surface area contributed by atoms with Crippen LogP contribution in [0.2, 0.25) is 0 Å². The standard InChI is InChI=1S/C20H28N4O2/c1-4-5-16(3)20(25)24-12-10-23(11-13-24)14-18-21-19(22-26-18)17-8-6-15(2)7-9-17/h6-9,16H,4-5,10-14H2,1-3H3. The van der Waals surface area contributed by atoms with Gasteiger partial charge < -0.3 is 9.42 Å². The second kappa shape index (κ2) is 8.45. The smallest absolute Gasteiger partial charge is 0.241 e. The highest BCUT2D eigenvalue weighted by molar-refractivity contribution is 5.78. The van der Waals surface area contributed by atoms with E-state index < -0.39 is 0 Å². The predicted molar refractivity (Wildman–Crippen MR) is 100 cm³/mol. The Morgan fingerprint density at radius 1 is 1.19 bits per heavy atom. The van der Waals surface area contributed by atoms with Gasteiger partial charge >= 0.3 is 0 Å². The molecule has 1 aliphatic rings. The first kappa shape index (κ1) is 18.6. The second-order valence-electron chi connectivity index (χ2n) is 7.17. The molecule has 0 bridgehead atoms. The van der Waals surface area contributed by atoms with E-state index in [-0.39, 0.29) is 11.8 Å². The van der Waals surface area contributed by atoms with Crippen molar-refractivity contribution in [2.24, 2.45) is 5.92 Å². The third-order valence-corrected chi connectivity index (χ3v) is 4.96. The zero-order valence-electron chi connectivity index (χ0n) is 15.9. The van der Waals surface area contributed by atoms with Crippen LogP contribution in [0.4, 0.5) is 0 Å². The molecule has 1 amide bonds. The highest BCUT2D eigenvalue weighted by Gasteiger charge is 2.25. The monoisotopic (exact) mass is 356 g/mol. The number of rotatable bonds is 6. The minimum absolute atomic E-state index is 0.125. The van der Waals surface area contributed by atoms with E-state index in [1.807, 2.05) is 36.1 Å². The molecule has 3 rings (SSSR count). The lowest BCUT2D eigenvalue weighted by Gasteiger charge is -2.35. The van der Waals surface area contributed by atoms with Crippen molar-refractivity contribution in [3.63, 3.8) is 0 Å². The fourth-order valence-electron chi connectivity index (χ4n) is 3.32. The van der Waals surface area contributed by atoms with Crippen LogP contribution in [0.1, 0.15) is 38.1 Å². The van der Waals surface area contributed by atoms with E-state index >= 15 is 0 Å². The minimum atomic E-state index is 0.125. The van der Waals surface area contributed by atoms with Crippen molar-refractivity contribution in [1.29, 1.82) is 0 Å². The van der Waals surface area contributed by atoms with E-state index in [0.29, 0.717) is 18.3 Å². The molecule has 1 fully saturated rings. The topological polar surface area (TPSA) is 62.5 Å². The van der Waals surface area contributed by atoms with Crippen LogP contribution in [-0.2, 0) is 11.3 Å². The van der Waals surface area contributed by atoms with Crippen molar-refractivity contribution in [3.8, 4) is 11.4 Å². The van der Waals surface area contributed by atoms with E-state index in [2.05, 4.69) is 28.9 Å². The van der Waals surface area contributed by atoms with Gasteiger partial charge in [0.05, 0.1) is 6.54 Å². The van der Waals surface area contributed by atoms with Crippen LogP contribution >= 0.6 is 0 Å². The lowest BCUT2D eigenvalue weighted by Crippen LogP contribution is -2.49. The molecule has 0 saturated carbocycles. The number of nitrogens with zero attached hydrogens (tertiary/aromatic N) is 4. The number of carbonyl (C=O) groups is 1. The van der Waals surface area contributed by atoms with Crippen LogP contribution in [0.3, 0.4) is 0 Å². The Kier molecular flexibility index (Phi) is 6.04. The van der Waals surface area contributed by atoms with Gasteiger partial charge in [-0.3, -0.25) is 9.69 Å². The highest BCUT2D eigenvalue weighted by atomic mass is 16.5. The molecule has 0 N–H and O–H groups in total. The van der Waals surface area contributed by atoms with Crippen molar-refractivity contribution in [2.45, 2.75) is 40.2 Å². The molecule has 1 saturated heterocycles. The molecule has 2 heterocycles. The summed E-state index contributed by atoms with van der Waals surface area (Å²) >= 11 is 0. The molecule has 1 aliphatic heterocycles. The zero-order valence-corrected chi connectivity index (χ0v) is 15.9. The first-order valence-corrected chi connectivity index (χ1v) is 9.47. The maximum atomic E-state index is 12.4. The van der Waals surface area contributed by atoms with Gasteiger partial charge in [-0.15, -0.1) is 0 Å². The van der Waals surface area contributed by atoms with E-state index in [1.54, 1.807) is 0 Å². The summed E-state index contributed by atoms with van der Waals surface area (Å²) in [6.07, 6.45) is 2.01. The Morgan fingerprint density at radius 2 is 1.88 bits per heavy atom. The minimum Gasteiger partial charge on any atom is -0.340 e. The lowest BCUT2D eigenvalue weighted by atomic mass is 10.0. The van der Waals surface area contributed by atoms with Crippen molar-refractivity contribution in [3.05, 3.63) is 35.7 Å².